The molecule has 0 aromatic heterocycles. The molecular weight excluding hydrogens is 284 g/mol. The molecule has 1 heterocycles. The summed E-state index contributed by atoms with van der Waals surface area (Å²) < 4.78 is 6.08. The Bertz CT molecular complexity index is 327. The van der Waals surface area contributed by atoms with Crippen molar-refractivity contribution in [2.45, 2.75) is 76.0 Å². The van der Waals surface area contributed by atoms with Crippen LogP contribution in [0.2, 0.25) is 0 Å². The summed E-state index contributed by atoms with van der Waals surface area (Å²) >= 11 is 1.78. The molecular formula is C16H30N2O2S. The van der Waals surface area contributed by atoms with Gasteiger partial charge in [-0.25, -0.2) is 4.79 Å². The quantitative estimate of drug-likeness (QED) is 0.818. The number of nitrogens with one attached hydrogen (secondary N) is 2. The van der Waals surface area contributed by atoms with E-state index in [-0.39, 0.29) is 23.7 Å². The van der Waals surface area contributed by atoms with Crippen molar-refractivity contribution < 1.29 is 9.53 Å². The minimum absolute atomic E-state index is 0.00578. The normalized spacial score (nSPS) is 26.3. The number of thioether (sulfide) groups is 1. The van der Waals surface area contributed by atoms with E-state index in [1.807, 2.05) is 0 Å². The zero-order chi connectivity index (χ0) is 15.1. The van der Waals surface area contributed by atoms with Crippen LogP contribution in [0.5, 0.6) is 0 Å². The maximum Gasteiger partial charge on any atom is 0.315 e. The van der Waals surface area contributed by atoms with Crippen molar-refractivity contribution >= 4 is 17.8 Å². The molecule has 0 aromatic carbocycles. The summed E-state index contributed by atoms with van der Waals surface area (Å²) in [5, 5.41) is 6.27. The van der Waals surface area contributed by atoms with Crippen LogP contribution in [-0.2, 0) is 4.74 Å². The summed E-state index contributed by atoms with van der Waals surface area (Å²) in [7, 11) is 0. The lowest BCUT2D eigenvalue weighted by molar-refractivity contribution is -0.107. The Labute approximate surface area is 133 Å². The number of carbonyl (C=O) groups excluding carboxylic acids is 1. The van der Waals surface area contributed by atoms with E-state index in [2.05, 4.69) is 23.8 Å². The van der Waals surface area contributed by atoms with Crippen LogP contribution < -0.4 is 10.6 Å². The molecule has 2 N–H and O–H groups in total. The number of carbonyl (C=O) groups is 1. The largest absolute Gasteiger partial charge is 0.375 e. The predicted octanol–water partition coefficient (Wildman–Crippen LogP) is 3.31. The first-order valence-electron chi connectivity index (χ1n) is 8.37. The molecule has 1 aliphatic heterocycles. The molecule has 2 amide bonds. The third kappa shape index (κ3) is 5.06. The second-order valence-electron chi connectivity index (χ2n) is 6.46. The van der Waals surface area contributed by atoms with Gasteiger partial charge >= 0.3 is 6.03 Å². The Hall–Kier alpha value is -0.420. The minimum atomic E-state index is -0.00578. The Morgan fingerprint density at radius 2 is 2.14 bits per heavy atom. The van der Waals surface area contributed by atoms with Crippen LogP contribution in [0.25, 0.3) is 0 Å². The first kappa shape index (κ1) is 16.9. The minimum Gasteiger partial charge on any atom is -0.375 e. The average Bonchev–Trinajstić information content (AvgIpc) is 2.47. The van der Waals surface area contributed by atoms with Gasteiger partial charge in [-0.3, -0.25) is 0 Å². The van der Waals surface area contributed by atoms with Gasteiger partial charge in [-0.2, -0.15) is 11.8 Å². The van der Waals surface area contributed by atoms with Gasteiger partial charge in [0.2, 0.25) is 0 Å². The van der Waals surface area contributed by atoms with Gasteiger partial charge in [0.15, 0.2) is 0 Å². The van der Waals surface area contributed by atoms with Crippen LogP contribution in [0.15, 0.2) is 0 Å². The van der Waals surface area contributed by atoms with E-state index in [9.17, 15) is 4.79 Å². The summed E-state index contributed by atoms with van der Waals surface area (Å²) in [5.41, 5.74) is 0.0534. The summed E-state index contributed by atoms with van der Waals surface area (Å²) in [4.78, 5) is 12.2. The highest BCUT2D eigenvalue weighted by molar-refractivity contribution is 7.98. The molecule has 1 saturated heterocycles. The lowest BCUT2D eigenvalue weighted by Gasteiger charge is -2.43. The second kappa shape index (κ2) is 8.28. The first-order valence-corrected chi connectivity index (χ1v) is 9.77. The fourth-order valence-electron chi connectivity index (χ4n) is 3.57. The van der Waals surface area contributed by atoms with Crippen LogP contribution in [0.4, 0.5) is 4.79 Å². The number of rotatable bonds is 5. The van der Waals surface area contributed by atoms with E-state index in [0.29, 0.717) is 0 Å². The number of urea groups is 1. The first-order chi connectivity index (χ1) is 10.2. The van der Waals surface area contributed by atoms with Crippen molar-refractivity contribution in [1.82, 2.24) is 10.6 Å². The van der Waals surface area contributed by atoms with E-state index in [0.717, 1.165) is 44.5 Å². The van der Waals surface area contributed by atoms with Gasteiger partial charge < -0.3 is 15.4 Å². The highest BCUT2D eigenvalue weighted by Gasteiger charge is 2.38. The van der Waals surface area contributed by atoms with Crippen molar-refractivity contribution in [2.24, 2.45) is 0 Å². The van der Waals surface area contributed by atoms with Gasteiger partial charge in [-0.1, -0.05) is 26.2 Å². The van der Waals surface area contributed by atoms with E-state index in [4.69, 9.17) is 4.74 Å². The average molecular weight is 314 g/mol. The van der Waals surface area contributed by atoms with Crippen molar-refractivity contribution in [3.63, 3.8) is 0 Å². The summed E-state index contributed by atoms with van der Waals surface area (Å²) in [6.45, 7) is 2.90. The molecule has 1 aliphatic carbocycles. The zero-order valence-electron chi connectivity index (χ0n) is 13.5. The predicted molar refractivity (Wildman–Crippen MR) is 88.9 cm³/mol. The van der Waals surface area contributed by atoms with Gasteiger partial charge in [-0.15, -0.1) is 0 Å². The van der Waals surface area contributed by atoms with Gasteiger partial charge in [0.25, 0.3) is 0 Å². The van der Waals surface area contributed by atoms with Crippen LogP contribution in [0.1, 0.15) is 58.3 Å². The van der Waals surface area contributed by atoms with Gasteiger partial charge in [0.1, 0.15) is 0 Å². The Morgan fingerprint density at radius 3 is 2.81 bits per heavy atom. The maximum atomic E-state index is 12.2. The lowest BCUT2D eigenvalue weighted by atomic mass is 9.78. The zero-order valence-corrected chi connectivity index (χ0v) is 14.3. The Kier molecular flexibility index (Phi) is 6.68. The van der Waals surface area contributed by atoms with Gasteiger partial charge in [0.05, 0.1) is 5.60 Å². The van der Waals surface area contributed by atoms with Crippen molar-refractivity contribution in [2.75, 3.05) is 18.6 Å². The number of hydrogen-bond donors (Lipinski definition) is 2. The van der Waals surface area contributed by atoms with Crippen LogP contribution >= 0.6 is 11.8 Å². The molecule has 1 spiro atoms. The standard InChI is InChI=1S/C16H30N2O2S/c1-3-13(12-21-2)17-15(19)18-14-7-10-20-16(11-14)8-5-4-6-9-16/h13-14H,3-12H2,1-2H3,(H2,17,18,19)/t13-,14+/m0/s1. The Morgan fingerprint density at radius 1 is 1.38 bits per heavy atom. The third-order valence-electron chi connectivity index (χ3n) is 4.79. The lowest BCUT2D eigenvalue weighted by Crippen LogP contribution is -2.53. The van der Waals surface area contributed by atoms with Gasteiger partial charge in [-0.05, 0) is 38.4 Å². The molecule has 0 aromatic rings. The third-order valence-corrected chi connectivity index (χ3v) is 5.52. The number of amides is 2. The SMILES string of the molecule is CC[C@@H](CSC)NC(=O)N[C@@H]1CCOC2(CCCCC2)C1. The molecule has 4 nitrogen and oxygen atoms in total. The number of hydrogen-bond acceptors (Lipinski definition) is 3. The maximum absolute atomic E-state index is 12.2. The molecule has 2 fully saturated rings. The Balaban J connectivity index is 1.80. The topological polar surface area (TPSA) is 50.4 Å². The monoisotopic (exact) mass is 314 g/mol. The molecule has 2 rings (SSSR count). The van der Waals surface area contributed by atoms with Crippen molar-refractivity contribution in [3.8, 4) is 0 Å². The summed E-state index contributed by atoms with van der Waals surface area (Å²) in [6, 6.07) is 0.529. The smallest absolute Gasteiger partial charge is 0.315 e. The second-order valence-corrected chi connectivity index (χ2v) is 7.37. The van der Waals surface area contributed by atoms with Gasteiger partial charge in [0, 0.05) is 24.4 Å². The molecule has 2 aliphatic rings. The molecule has 0 radical (unpaired) electrons. The molecule has 2 atom stereocenters. The fourth-order valence-corrected chi connectivity index (χ4v) is 4.29. The van der Waals surface area contributed by atoms with Crippen molar-refractivity contribution in [1.29, 1.82) is 0 Å². The molecule has 0 unspecified atom stereocenters. The van der Waals surface area contributed by atoms with Crippen LogP contribution in [-0.4, -0.2) is 42.3 Å². The molecule has 5 heteroatoms. The summed E-state index contributed by atoms with van der Waals surface area (Å²) in [5.74, 6) is 0.974. The van der Waals surface area contributed by atoms with E-state index >= 15 is 0 Å². The summed E-state index contributed by atoms with van der Waals surface area (Å²) in [6.07, 6.45) is 11.2. The molecule has 1 saturated carbocycles. The fraction of sp³-hybridized carbons (Fsp3) is 0.938. The molecule has 122 valence electrons. The van der Waals surface area contributed by atoms with Crippen LogP contribution in [0.3, 0.4) is 0 Å². The van der Waals surface area contributed by atoms with E-state index in [1.165, 1.54) is 19.3 Å². The molecule has 0 bridgehead atoms. The highest BCUT2D eigenvalue weighted by atomic mass is 32.2. The van der Waals surface area contributed by atoms with Crippen molar-refractivity contribution in [3.05, 3.63) is 0 Å². The van der Waals surface area contributed by atoms with E-state index < -0.39 is 0 Å². The van der Waals surface area contributed by atoms with E-state index in [1.54, 1.807) is 11.8 Å². The highest BCUT2D eigenvalue weighted by Crippen LogP contribution is 2.38. The molecule has 21 heavy (non-hydrogen) atoms. The number of ether oxygens (including phenoxy) is 1. The van der Waals surface area contributed by atoms with Crippen LogP contribution in [0, 0.1) is 0 Å².